The Bertz CT molecular complexity index is 215. The molecule has 0 spiro atoms. The van der Waals surface area contributed by atoms with Crippen LogP contribution in [0.25, 0.3) is 0 Å². The van der Waals surface area contributed by atoms with Crippen molar-refractivity contribution in [1.82, 2.24) is 10.6 Å². The van der Waals surface area contributed by atoms with Gasteiger partial charge in [0.25, 0.3) is 0 Å². The molecular formula is C12H22N2. The van der Waals surface area contributed by atoms with Crippen molar-refractivity contribution in [2.75, 3.05) is 6.54 Å². The second kappa shape index (κ2) is 4.82. The molecule has 1 aliphatic heterocycles. The SMILES string of the molecule is C#CCC(C)NC1CCNC(C)(C)C1. The van der Waals surface area contributed by atoms with E-state index in [1.54, 1.807) is 0 Å². The molecular weight excluding hydrogens is 172 g/mol. The summed E-state index contributed by atoms with van der Waals surface area (Å²) in [5.74, 6) is 2.70. The summed E-state index contributed by atoms with van der Waals surface area (Å²) in [4.78, 5) is 0. The van der Waals surface area contributed by atoms with Crippen molar-refractivity contribution >= 4 is 0 Å². The van der Waals surface area contributed by atoms with Crippen molar-refractivity contribution in [1.29, 1.82) is 0 Å². The van der Waals surface area contributed by atoms with Gasteiger partial charge in [0.05, 0.1) is 0 Å². The van der Waals surface area contributed by atoms with Crippen LogP contribution in [0, 0.1) is 12.3 Å². The number of nitrogens with one attached hydrogen (secondary N) is 2. The molecule has 0 aromatic rings. The number of rotatable bonds is 3. The molecule has 0 aromatic heterocycles. The van der Waals surface area contributed by atoms with E-state index in [2.05, 4.69) is 37.3 Å². The van der Waals surface area contributed by atoms with Crippen molar-refractivity contribution in [2.45, 2.75) is 57.7 Å². The second-order valence-corrected chi connectivity index (χ2v) is 4.98. The van der Waals surface area contributed by atoms with Gasteiger partial charge < -0.3 is 10.6 Å². The zero-order chi connectivity index (χ0) is 10.6. The molecule has 0 aliphatic carbocycles. The van der Waals surface area contributed by atoms with Gasteiger partial charge in [0.1, 0.15) is 0 Å². The molecule has 0 saturated carbocycles. The third kappa shape index (κ3) is 3.69. The molecule has 2 N–H and O–H groups in total. The lowest BCUT2D eigenvalue weighted by Gasteiger charge is -2.38. The van der Waals surface area contributed by atoms with Crippen LogP contribution in [0.2, 0.25) is 0 Å². The maximum Gasteiger partial charge on any atom is 0.0238 e. The van der Waals surface area contributed by atoms with Crippen molar-refractivity contribution in [3.05, 3.63) is 0 Å². The first kappa shape index (κ1) is 11.6. The van der Waals surface area contributed by atoms with Gasteiger partial charge in [-0.3, -0.25) is 0 Å². The largest absolute Gasteiger partial charge is 0.312 e. The van der Waals surface area contributed by atoms with Crippen LogP contribution in [0.5, 0.6) is 0 Å². The fraction of sp³-hybridized carbons (Fsp3) is 0.833. The van der Waals surface area contributed by atoms with E-state index in [1.165, 1.54) is 12.8 Å². The normalized spacial score (nSPS) is 28.0. The second-order valence-electron chi connectivity index (χ2n) is 4.98. The quantitative estimate of drug-likeness (QED) is 0.666. The molecule has 0 aromatic carbocycles. The minimum absolute atomic E-state index is 0.270. The van der Waals surface area contributed by atoms with Gasteiger partial charge in [0.15, 0.2) is 0 Å². The maximum absolute atomic E-state index is 5.29. The Hall–Kier alpha value is -0.520. The average Bonchev–Trinajstić information content (AvgIpc) is 2.02. The lowest BCUT2D eigenvalue weighted by atomic mass is 9.89. The number of piperidine rings is 1. The Morgan fingerprint density at radius 2 is 2.36 bits per heavy atom. The first-order chi connectivity index (χ1) is 6.53. The third-order valence-electron chi connectivity index (χ3n) is 2.80. The van der Waals surface area contributed by atoms with E-state index in [0.717, 1.165) is 13.0 Å². The van der Waals surface area contributed by atoms with Crippen LogP contribution in [0.3, 0.4) is 0 Å². The summed E-state index contributed by atoms with van der Waals surface area (Å²) in [5, 5.41) is 7.11. The first-order valence-corrected chi connectivity index (χ1v) is 5.48. The Kier molecular flexibility index (Phi) is 3.97. The predicted molar refractivity (Wildman–Crippen MR) is 61.2 cm³/mol. The Morgan fingerprint density at radius 1 is 1.64 bits per heavy atom. The monoisotopic (exact) mass is 194 g/mol. The summed E-state index contributed by atoms with van der Waals surface area (Å²) < 4.78 is 0. The maximum atomic E-state index is 5.29. The Morgan fingerprint density at radius 3 is 2.93 bits per heavy atom. The van der Waals surface area contributed by atoms with E-state index in [0.29, 0.717) is 12.1 Å². The van der Waals surface area contributed by atoms with Crippen molar-refractivity contribution in [2.24, 2.45) is 0 Å². The summed E-state index contributed by atoms with van der Waals surface area (Å²) in [6.07, 6.45) is 8.50. The van der Waals surface area contributed by atoms with Crippen molar-refractivity contribution in [3.8, 4) is 12.3 Å². The highest BCUT2D eigenvalue weighted by atomic mass is 15.0. The highest BCUT2D eigenvalue weighted by Gasteiger charge is 2.27. The molecule has 0 amide bonds. The van der Waals surface area contributed by atoms with E-state index in [-0.39, 0.29) is 5.54 Å². The average molecular weight is 194 g/mol. The molecule has 2 nitrogen and oxygen atoms in total. The minimum Gasteiger partial charge on any atom is -0.312 e. The van der Waals surface area contributed by atoms with Gasteiger partial charge in [-0.15, -0.1) is 12.3 Å². The smallest absolute Gasteiger partial charge is 0.0238 e. The van der Waals surface area contributed by atoms with Gasteiger partial charge in [-0.25, -0.2) is 0 Å². The van der Waals surface area contributed by atoms with Gasteiger partial charge in [-0.1, -0.05) is 0 Å². The highest BCUT2D eigenvalue weighted by molar-refractivity contribution is 4.93. The van der Waals surface area contributed by atoms with E-state index < -0.39 is 0 Å². The summed E-state index contributed by atoms with van der Waals surface area (Å²) in [6, 6.07) is 1.06. The summed E-state index contributed by atoms with van der Waals surface area (Å²) in [6.45, 7) is 7.78. The predicted octanol–water partition coefficient (Wildman–Crippen LogP) is 1.52. The molecule has 2 atom stereocenters. The Labute approximate surface area is 87.8 Å². The van der Waals surface area contributed by atoms with Crippen LogP contribution in [0.4, 0.5) is 0 Å². The molecule has 1 fully saturated rings. The molecule has 2 heteroatoms. The molecule has 0 bridgehead atoms. The summed E-state index contributed by atoms with van der Waals surface area (Å²) in [7, 11) is 0. The number of hydrogen-bond acceptors (Lipinski definition) is 2. The fourth-order valence-corrected chi connectivity index (χ4v) is 2.16. The van der Waals surface area contributed by atoms with E-state index >= 15 is 0 Å². The number of terminal acetylenes is 1. The van der Waals surface area contributed by atoms with E-state index in [1.807, 2.05) is 0 Å². The van der Waals surface area contributed by atoms with Crippen LogP contribution in [0.1, 0.15) is 40.0 Å². The topological polar surface area (TPSA) is 24.1 Å². The summed E-state index contributed by atoms with van der Waals surface area (Å²) in [5.41, 5.74) is 0.270. The lowest BCUT2D eigenvalue weighted by Crippen LogP contribution is -2.53. The molecule has 1 heterocycles. The molecule has 2 unspecified atom stereocenters. The van der Waals surface area contributed by atoms with Gasteiger partial charge in [-0.05, 0) is 40.2 Å². The lowest BCUT2D eigenvalue weighted by molar-refractivity contribution is 0.238. The van der Waals surface area contributed by atoms with Crippen molar-refractivity contribution in [3.63, 3.8) is 0 Å². The fourth-order valence-electron chi connectivity index (χ4n) is 2.16. The van der Waals surface area contributed by atoms with Gasteiger partial charge in [0, 0.05) is 24.0 Å². The van der Waals surface area contributed by atoms with E-state index in [9.17, 15) is 0 Å². The zero-order valence-electron chi connectivity index (χ0n) is 9.56. The van der Waals surface area contributed by atoms with Crippen LogP contribution >= 0.6 is 0 Å². The van der Waals surface area contributed by atoms with Crippen LogP contribution in [0.15, 0.2) is 0 Å². The highest BCUT2D eigenvalue weighted by Crippen LogP contribution is 2.18. The third-order valence-corrected chi connectivity index (χ3v) is 2.80. The summed E-state index contributed by atoms with van der Waals surface area (Å²) >= 11 is 0. The first-order valence-electron chi connectivity index (χ1n) is 5.48. The van der Waals surface area contributed by atoms with Crippen molar-refractivity contribution < 1.29 is 0 Å². The zero-order valence-corrected chi connectivity index (χ0v) is 9.56. The standard InChI is InChI=1S/C12H22N2/c1-5-6-10(2)14-11-7-8-13-12(3,4)9-11/h1,10-11,13-14H,6-9H2,2-4H3. The van der Waals surface area contributed by atoms with Crippen LogP contribution in [-0.2, 0) is 0 Å². The van der Waals surface area contributed by atoms with Crippen LogP contribution in [-0.4, -0.2) is 24.2 Å². The molecule has 1 rings (SSSR count). The molecule has 0 radical (unpaired) electrons. The molecule has 1 saturated heterocycles. The molecule has 1 aliphatic rings. The number of hydrogen-bond donors (Lipinski definition) is 2. The molecule has 14 heavy (non-hydrogen) atoms. The Balaban J connectivity index is 2.35. The molecule has 80 valence electrons. The van der Waals surface area contributed by atoms with Gasteiger partial charge in [0.2, 0.25) is 0 Å². The minimum atomic E-state index is 0.270. The van der Waals surface area contributed by atoms with E-state index in [4.69, 9.17) is 6.42 Å². The van der Waals surface area contributed by atoms with Gasteiger partial charge >= 0.3 is 0 Å². The van der Waals surface area contributed by atoms with Crippen LogP contribution < -0.4 is 10.6 Å². The van der Waals surface area contributed by atoms with Gasteiger partial charge in [-0.2, -0.15) is 0 Å².